The number of sulfonamides is 1. The van der Waals surface area contributed by atoms with E-state index in [1.54, 1.807) is 32.9 Å². The second-order valence-electron chi connectivity index (χ2n) is 4.37. The van der Waals surface area contributed by atoms with Crippen LogP contribution in [-0.4, -0.2) is 23.7 Å². The van der Waals surface area contributed by atoms with Crippen LogP contribution in [0.3, 0.4) is 0 Å². The monoisotopic (exact) mass is 281 g/mol. The van der Waals surface area contributed by atoms with Crippen molar-refractivity contribution < 1.29 is 13.5 Å². The summed E-state index contributed by atoms with van der Waals surface area (Å²) in [7, 11) is -3.71. The lowest BCUT2D eigenvalue weighted by molar-refractivity contribution is 0.467. The fourth-order valence-corrected chi connectivity index (χ4v) is 3.02. The van der Waals surface area contributed by atoms with Crippen LogP contribution in [0.4, 0.5) is 5.69 Å². The number of benzene rings is 1. The zero-order valence-electron chi connectivity index (χ0n) is 10.9. The number of rotatable bonds is 3. The van der Waals surface area contributed by atoms with Crippen molar-refractivity contribution in [2.45, 2.75) is 25.7 Å². The molecule has 0 atom stereocenters. The lowest BCUT2D eigenvalue weighted by atomic mass is 10.1. The molecular weight excluding hydrogens is 266 g/mol. The van der Waals surface area contributed by atoms with Crippen molar-refractivity contribution in [1.29, 1.82) is 0 Å². The summed E-state index contributed by atoms with van der Waals surface area (Å²) >= 11 is 0. The maximum atomic E-state index is 12.2. The zero-order valence-corrected chi connectivity index (χ0v) is 11.7. The molecule has 0 aliphatic rings. The van der Waals surface area contributed by atoms with E-state index in [1.807, 2.05) is 0 Å². The maximum absolute atomic E-state index is 12.2. The summed E-state index contributed by atoms with van der Waals surface area (Å²) < 4.78 is 26.8. The number of aromatic amines is 1. The molecule has 1 heterocycles. The van der Waals surface area contributed by atoms with Crippen LogP contribution in [0, 0.1) is 20.8 Å². The number of H-pyrrole nitrogens is 1. The SMILES string of the molecule is Cc1ccc(NS(=O)(=O)c2cn[nH]c2C)c(C)c1O. The quantitative estimate of drug-likeness (QED) is 0.800. The summed E-state index contributed by atoms with van der Waals surface area (Å²) in [5.41, 5.74) is 2.00. The first-order valence-corrected chi connectivity index (χ1v) is 7.13. The van der Waals surface area contributed by atoms with Gasteiger partial charge in [-0.15, -0.1) is 0 Å². The smallest absolute Gasteiger partial charge is 0.265 e. The molecule has 3 N–H and O–H groups in total. The standard InChI is InChI=1S/C12H15N3O3S/c1-7-4-5-10(8(2)12(7)16)15-19(17,18)11-6-13-14-9(11)3/h4-6,15-16H,1-3H3,(H,13,14). The van der Waals surface area contributed by atoms with Crippen molar-refractivity contribution >= 4 is 15.7 Å². The van der Waals surface area contributed by atoms with E-state index in [1.165, 1.54) is 6.20 Å². The lowest BCUT2D eigenvalue weighted by Gasteiger charge is -2.12. The maximum Gasteiger partial charge on any atom is 0.265 e. The van der Waals surface area contributed by atoms with Gasteiger partial charge in [-0.1, -0.05) is 6.07 Å². The first-order chi connectivity index (χ1) is 8.83. The molecule has 0 amide bonds. The van der Waals surface area contributed by atoms with Gasteiger partial charge in [0.2, 0.25) is 0 Å². The summed E-state index contributed by atoms with van der Waals surface area (Å²) in [5.74, 6) is 0.0871. The molecule has 7 heteroatoms. The predicted molar refractivity (Wildman–Crippen MR) is 71.7 cm³/mol. The molecule has 0 aliphatic heterocycles. The van der Waals surface area contributed by atoms with E-state index in [2.05, 4.69) is 14.9 Å². The van der Waals surface area contributed by atoms with Crippen molar-refractivity contribution in [2.24, 2.45) is 0 Å². The minimum absolute atomic E-state index is 0.0871. The molecule has 19 heavy (non-hydrogen) atoms. The van der Waals surface area contributed by atoms with E-state index in [9.17, 15) is 13.5 Å². The van der Waals surface area contributed by atoms with Gasteiger partial charge < -0.3 is 5.11 Å². The molecule has 1 aromatic carbocycles. The third-order valence-electron chi connectivity index (χ3n) is 2.95. The molecule has 0 saturated carbocycles. The van der Waals surface area contributed by atoms with Crippen molar-refractivity contribution in [1.82, 2.24) is 10.2 Å². The van der Waals surface area contributed by atoms with E-state index in [4.69, 9.17) is 0 Å². The van der Waals surface area contributed by atoms with Crippen LogP contribution >= 0.6 is 0 Å². The van der Waals surface area contributed by atoms with Crippen molar-refractivity contribution in [3.63, 3.8) is 0 Å². The highest BCUT2D eigenvalue weighted by Crippen LogP contribution is 2.29. The number of nitrogens with zero attached hydrogens (tertiary/aromatic N) is 1. The molecule has 102 valence electrons. The first-order valence-electron chi connectivity index (χ1n) is 5.65. The van der Waals surface area contributed by atoms with Gasteiger partial charge in [0.15, 0.2) is 0 Å². The number of anilines is 1. The zero-order chi connectivity index (χ0) is 14.2. The van der Waals surface area contributed by atoms with Crippen LogP contribution in [0.1, 0.15) is 16.8 Å². The molecule has 0 bridgehead atoms. The Balaban J connectivity index is 2.42. The van der Waals surface area contributed by atoms with Gasteiger partial charge in [-0.25, -0.2) is 8.42 Å². The van der Waals surface area contributed by atoms with E-state index in [0.29, 0.717) is 22.5 Å². The van der Waals surface area contributed by atoms with Crippen LogP contribution in [0.5, 0.6) is 5.75 Å². The summed E-state index contributed by atoms with van der Waals surface area (Å²) in [6.07, 6.45) is 1.25. The number of aromatic hydroxyl groups is 1. The first kappa shape index (κ1) is 13.4. The Morgan fingerprint density at radius 2 is 1.95 bits per heavy atom. The average Bonchev–Trinajstić information content (AvgIpc) is 2.77. The van der Waals surface area contributed by atoms with Gasteiger partial charge in [0.05, 0.1) is 17.6 Å². The Hall–Kier alpha value is -2.02. The molecule has 0 fully saturated rings. The van der Waals surface area contributed by atoms with Gasteiger partial charge in [0, 0.05) is 5.56 Å². The van der Waals surface area contributed by atoms with Gasteiger partial charge in [-0.2, -0.15) is 5.10 Å². The molecule has 2 aromatic rings. The van der Waals surface area contributed by atoms with Crippen LogP contribution < -0.4 is 4.72 Å². The highest BCUT2D eigenvalue weighted by Gasteiger charge is 2.20. The number of aryl methyl sites for hydroxylation is 2. The van der Waals surface area contributed by atoms with Crippen molar-refractivity contribution in [2.75, 3.05) is 4.72 Å². The van der Waals surface area contributed by atoms with E-state index in [0.717, 1.165) is 0 Å². The molecule has 0 saturated heterocycles. The highest BCUT2D eigenvalue weighted by atomic mass is 32.2. The molecule has 0 radical (unpaired) electrons. The molecule has 6 nitrogen and oxygen atoms in total. The fourth-order valence-electron chi connectivity index (χ4n) is 1.76. The van der Waals surface area contributed by atoms with E-state index in [-0.39, 0.29) is 10.6 Å². The normalized spacial score (nSPS) is 11.5. The number of hydrogen-bond donors (Lipinski definition) is 3. The molecule has 0 unspecified atom stereocenters. The second kappa shape index (κ2) is 4.58. The highest BCUT2D eigenvalue weighted by molar-refractivity contribution is 7.92. The molecule has 0 aliphatic carbocycles. The molecule has 1 aromatic heterocycles. The molecule has 0 spiro atoms. The number of phenols is 1. The Morgan fingerprint density at radius 1 is 1.26 bits per heavy atom. The molecular formula is C12H15N3O3S. The Bertz CT molecular complexity index is 720. The third-order valence-corrected chi connectivity index (χ3v) is 4.43. The number of phenolic OH excluding ortho intramolecular Hbond substituents is 1. The molecule has 2 rings (SSSR count). The third kappa shape index (κ3) is 2.41. The van der Waals surface area contributed by atoms with Gasteiger partial charge in [-0.3, -0.25) is 9.82 Å². The Labute approximate surface area is 111 Å². The minimum Gasteiger partial charge on any atom is -0.507 e. The van der Waals surface area contributed by atoms with Gasteiger partial charge in [0.25, 0.3) is 10.0 Å². The van der Waals surface area contributed by atoms with Crippen molar-refractivity contribution in [3.05, 3.63) is 35.2 Å². The summed E-state index contributed by atoms with van der Waals surface area (Å²) in [5, 5.41) is 16.1. The summed E-state index contributed by atoms with van der Waals surface area (Å²) in [6, 6.07) is 3.28. The van der Waals surface area contributed by atoms with Crippen LogP contribution in [0.15, 0.2) is 23.2 Å². The van der Waals surface area contributed by atoms with E-state index < -0.39 is 10.0 Å². The van der Waals surface area contributed by atoms with Crippen LogP contribution in [0.25, 0.3) is 0 Å². The van der Waals surface area contributed by atoms with Gasteiger partial charge in [0.1, 0.15) is 10.6 Å². The van der Waals surface area contributed by atoms with Crippen LogP contribution in [0.2, 0.25) is 0 Å². The van der Waals surface area contributed by atoms with Gasteiger partial charge in [-0.05, 0) is 32.4 Å². The lowest BCUT2D eigenvalue weighted by Crippen LogP contribution is -2.14. The predicted octanol–water partition coefficient (Wildman–Crippen LogP) is 1.84. The minimum atomic E-state index is -3.71. The number of nitrogens with one attached hydrogen (secondary N) is 2. The average molecular weight is 281 g/mol. The van der Waals surface area contributed by atoms with Crippen molar-refractivity contribution in [3.8, 4) is 5.75 Å². The van der Waals surface area contributed by atoms with Crippen LogP contribution in [-0.2, 0) is 10.0 Å². The summed E-state index contributed by atoms with van der Waals surface area (Å²) in [6.45, 7) is 5.03. The number of aromatic nitrogens is 2. The van der Waals surface area contributed by atoms with E-state index >= 15 is 0 Å². The Kier molecular flexibility index (Phi) is 3.23. The fraction of sp³-hybridized carbons (Fsp3) is 0.250. The topological polar surface area (TPSA) is 95.1 Å². The second-order valence-corrected chi connectivity index (χ2v) is 6.02. The van der Waals surface area contributed by atoms with Gasteiger partial charge >= 0.3 is 0 Å². The number of hydrogen-bond acceptors (Lipinski definition) is 4. The largest absolute Gasteiger partial charge is 0.507 e. The summed E-state index contributed by atoms with van der Waals surface area (Å²) in [4.78, 5) is 0.0898. The Morgan fingerprint density at radius 3 is 2.53 bits per heavy atom.